The number of para-hydroxylation sites is 1. The van der Waals surface area contributed by atoms with Gasteiger partial charge in [0, 0.05) is 36.0 Å². The Morgan fingerprint density at radius 2 is 1.80 bits per heavy atom. The van der Waals surface area contributed by atoms with Gasteiger partial charge < -0.3 is 9.72 Å². The van der Waals surface area contributed by atoms with E-state index in [1.54, 1.807) is 18.2 Å². The number of ether oxygens (including phenoxy) is 1. The summed E-state index contributed by atoms with van der Waals surface area (Å²) in [6.07, 6.45) is 2.71. The lowest BCUT2D eigenvalue weighted by Crippen LogP contribution is -2.29. The van der Waals surface area contributed by atoms with E-state index in [0.717, 1.165) is 39.8 Å². The summed E-state index contributed by atoms with van der Waals surface area (Å²) in [7, 11) is -3.65. The summed E-state index contributed by atoms with van der Waals surface area (Å²) >= 11 is 0. The number of hydrogen-bond donors (Lipinski definition) is 2. The summed E-state index contributed by atoms with van der Waals surface area (Å²) in [5, 5.41) is 1.10. The highest BCUT2D eigenvalue weighted by molar-refractivity contribution is 7.89. The molecule has 0 saturated heterocycles. The van der Waals surface area contributed by atoms with Gasteiger partial charge in [-0.3, -0.25) is 0 Å². The third kappa shape index (κ3) is 3.49. The second-order valence-corrected chi connectivity index (χ2v) is 9.24. The van der Waals surface area contributed by atoms with Crippen molar-refractivity contribution in [2.24, 2.45) is 0 Å². The molecule has 1 aromatic heterocycles. The van der Waals surface area contributed by atoms with Crippen molar-refractivity contribution >= 4 is 20.9 Å². The first-order chi connectivity index (χ1) is 14.6. The van der Waals surface area contributed by atoms with E-state index in [-0.39, 0.29) is 17.4 Å². The van der Waals surface area contributed by atoms with Gasteiger partial charge in [-0.1, -0.05) is 48.5 Å². The fourth-order valence-electron chi connectivity index (χ4n) is 4.08. The Kier molecular flexibility index (Phi) is 4.81. The van der Waals surface area contributed by atoms with E-state index in [1.165, 1.54) is 0 Å². The largest absolute Gasteiger partial charge is 0.493 e. The van der Waals surface area contributed by atoms with Gasteiger partial charge in [-0.05, 0) is 41.0 Å². The summed E-state index contributed by atoms with van der Waals surface area (Å²) in [6.45, 7) is 0.866. The number of hydrogen-bond acceptors (Lipinski definition) is 3. The van der Waals surface area contributed by atoms with Crippen molar-refractivity contribution in [1.29, 1.82) is 0 Å². The molecule has 0 spiro atoms. The lowest BCUT2D eigenvalue weighted by Gasteiger charge is -2.18. The number of fused-ring (bicyclic) bond motifs is 2. The average molecular weight is 419 g/mol. The van der Waals surface area contributed by atoms with Gasteiger partial charge in [0.15, 0.2) is 0 Å². The van der Waals surface area contributed by atoms with E-state index in [9.17, 15) is 8.42 Å². The molecule has 0 aliphatic carbocycles. The third-order valence-corrected chi connectivity index (χ3v) is 7.07. The maximum atomic E-state index is 13.0. The van der Waals surface area contributed by atoms with Crippen LogP contribution in [0, 0.1) is 0 Å². The van der Waals surface area contributed by atoms with Crippen LogP contribution in [0.3, 0.4) is 0 Å². The maximum absolute atomic E-state index is 13.0. The molecule has 152 valence electrons. The van der Waals surface area contributed by atoms with E-state index in [0.29, 0.717) is 6.61 Å². The highest BCUT2D eigenvalue weighted by Crippen LogP contribution is 2.31. The Morgan fingerprint density at radius 3 is 2.67 bits per heavy atom. The molecule has 4 aromatic rings. The van der Waals surface area contributed by atoms with Crippen molar-refractivity contribution in [2.45, 2.75) is 17.2 Å². The predicted molar refractivity (Wildman–Crippen MR) is 117 cm³/mol. The van der Waals surface area contributed by atoms with Crippen molar-refractivity contribution in [3.05, 3.63) is 95.7 Å². The number of aromatic amines is 1. The van der Waals surface area contributed by atoms with Crippen LogP contribution in [0.2, 0.25) is 0 Å². The number of nitrogens with one attached hydrogen (secondary N) is 2. The van der Waals surface area contributed by atoms with Gasteiger partial charge in [0.2, 0.25) is 10.0 Å². The molecular weight excluding hydrogens is 396 g/mol. The Hall–Kier alpha value is -3.09. The van der Waals surface area contributed by atoms with Crippen molar-refractivity contribution in [1.82, 2.24) is 9.71 Å². The highest BCUT2D eigenvalue weighted by atomic mass is 32.2. The van der Waals surface area contributed by atoms with E-state index >= 15 is 0 Å². The summed E-state index contributed by atoms with van der Waals surface area (Å²) < 4.78 is 34.4. The first-order valence-electron chi connectivity index (χ1n) is 9.98. The van der Waals surface area contributed by atoms with Gasteiger partial charge in [0.05, 0.1) is 11.5 Å². The van der Waals surface area contributed by atoms with E-state index in [2.05, 4.69) is 15.8 Å². The van der Waals surface area contributed by atoms with Crippen molar-refractivity contribution in [3.8, 4) is 5.75 Å². The molecule has 0 unspecified atom stereocenters. The van der Waals surface area contributed by atoms with Crippen LogP contribution in [0.1, 0.15) is 22.6 Å². The van der Waals surface area contributed by atoms with Gasteiger partial charge in [0.1, 0.15) is 5.75 Å². The van der Waals surface area contributed by atoms with Gasteiger partial charge in [-0.15, -0.1) is 0 Å². The minimum absolute atomic E-state index is 0.116. The average Bonchev–Trinajstić information content (AvgIpc) is 3.41. The smallest absolute Gasteiger partial charge is 0.240 e. The normalized spacial score (nSPS) is 14.4. The summed E-state index contributed by atoms with van der Waals surface area (Å²) in [5.74, 6) is 0.657. The zero-order valence-electron chi connectivity index (χ0n) is 16.3. The first kappa shape index (κ1) is 18.9. The van der Waals surface area contributed by atoms with Crippen molar-refractivity contribution in [2.75, 3.05) is 13.2 Å². The maximum Gasteiger partial charge on any atom is 0.240 e. The molecule has 6 heteroatoms. The minimum atomic E-state index is -3.65. The molecule has 5 rings (SSSR count). The summed E-state index contributed by atoms with van der Waals surface area (Å²) in [4.78, 5) is 3.58. The van der Waals surface area contributed by atoms with Gasteiger partial charge in [-0.2, -0.15) is 0 Å². The fourth-order valence-corrected chi connectivity index (χ4v) is 5.18. The van der Waals surface area contributed by atoms with Gasteiger partial charge in [-0.25, -0.2) is 13.1 Å². The van der Waals surface area contributed by atoms with Gasteiger partial charge in [0.25, 0.3) is 0 Å². The van der Waals surface area contributed by atoms with Gasteiger partial charge >= 0.3 is 0 Å². The lowest BCUT2D eigenvalue weighted by atomic mass is 9.91. The van der Waals surface area contributed by atoms with Crippen molar-refractivity contribution < 1.29 is 13.2 Å². The Morgan fingerprint density at radius 1 is 1.00 bits per heavy atom. The van der Waals surface area contributed by atoms with E-state index in [1.807, 2.05) is 54.7 Å². The summed E-state index contributed by atoms with van der Waals surface area (Å²) in [6, 6.07) is 23.1. The molecule has 2 N–H and O–H groups in total. The molecule has 0 bridgehead atoms. The molecule has 0 radical (unpaired) electrons. The van der Waals surface area contributed by atoms with Crippen LogP contribution in [0.5, 0.6) is 5.75 Å². The van der Waals surface area contributed by atoms with Crippen LogP contribution < -0.4 is 9.46 Å². The third-order valence-electron chi connectivity index (χ3n) is 5.65. The second-order valence-electron chi connectivity index (χ2n) is 7.47. The first-order valence-corrected chi connectivity index (χ1v) is 11.5. The second kappa shape index (κ2) is 7.63. The zero-order valence-corrected chi connectivity index (χ0v) is 17.2. The lowest BCUT2D eigenvalue weighted by molar-refractivity contribution is 0.356. The zero-order chi connectivity index (χ0) is 20.6. The molecule has 2 heterocycles. The van der Waals surface area contributed by atoms with E-state index < -0.39 is 10.0 Å². The van der Waals surface area contributed by atoms with Crippen LogP contribution in [-0.4, -0.2) is 26.6 Å². The Bertz CT molecular complexity index is 1300. The molecule has 3 aromatic carbocycles. The van der Waals surface area contributed by atoms with Crippen molar-refractivity contribution in [3.63, 3.8) is 0 Å². The standard InChI is InChI=1S/C24H22N2O3S/c27-30(28,19-10-11-24-18(14-19)12-13-29-24)26-16-21(17-6-2-1-3-7-17)22-15-25-23-9-5-4-8-20(22)23/h1-11,14-15,21,25-26H,12-13,16H2/t21-/m1/s1. The van der Waals surface area contributed by atoms with Crippen LogP contribution in [0.15, 0.2) is 83.9 Å². The fraction of sp³-hybridized carbons (Fsp3) is 0.167. The number of H-pyrrole nitrogens is 1. The molecular formula is C24H22N2O3S. The molecule has 5 nitrogen and oxygen atoms in total. The molecule has 1 atom stereocenters. The summed E-state index contributed by atoms with van der Waals surface area (Å²) in [5.41, 5.74) is 4.11. The minimum Gasteiger partial charge on any atom is -0.493 e. The van der Waals surface area contributed by atoms with E-state index in [4.69, 9.17) is 4.74 Å². The molecule has 0 saturated carbocycles. The number of benzene rings is 3. The quantitative estimate of drug-likeness (QED) is 0.493. The Balaban J connectivity index is 1.47. The molecule has 30 heavy (non-hydrogen) atoms. The predicted octanol–water partition coefficient (Wildman–Crippen LogP) is 4.21. The molecule has 1 aliphatic rings. The SMILES string of the molecule is O=S(=O)(NC[C@H](c1ccccc1)c1c[nH]c2ccccc12)c1ccc2c(c1)CCO2. The number of aromatic nitrogens is 1. The van der Waals surface area contributed by atoms with Crippen LogP contribution in [0.4, 0.5) is 0 Å². The van der Waals surface area contributed by atoms with Crippen LogP contribution >= 0.6 is 0 Å². The topological polar surface area (TPSA) is 71.2 Å². The highest BCUT2D eigenvalue weighted by Gasteiger charge is 2.23. The molecule has 0 amide bonds. The molecule has 0 fully saturated rings. The van der Waals surface area contributed by atoms with Crippen LogP contribution in [-0.2, 0) is 16.4 Å². The Labute approximate surface area is 175 Å². The number of rotatable bonds is 6. The number of sulfonamides is 1. The van der Waals surface area contributed by atoms with Crippen LogP contribution in [0.25, 0.3) is 10.9 Å². The monoisotopic (exact) mass is 418 g/mol. The molecule has 1 aliphatic heterocycles.